The minimum atomic E-state index is 0. The Labute approximate surface area is 256 Å². The maximum absolute atomic E-state index is 8.94. The van der Waals surface area contributed by atoms with Gasteiger partial charge in [-0.3, -0.25) is 20.7 Å². The third-order valence-electron chi connectivity index (χ3n) is 6.18. The number of anilines is 2. The molecule has 2 fully saturated rings. The van der Waals surface area contributed by atoms with Crippen LogP contribution < -0.4 is 21.1 Å². The van der Waals surface area contributed by atoms with E-state index >= 15 is 0 Å². The van der Waals surface area contributed by atoms with E-state index in [2.05, 4.69) is 53.2 Å². The summed E-state index contributed by atoms with van der Waals surface area (Å²) in [5.74, 6) is 6.20. The van der Waals surface area contributed by atoms with Gasteiger partial charge in [-0.2, -0.15) is 5.10 Å². The number of amides is 1. The number of piperidine rings is 2. The molecule has 0 bridgehead atoms. The quantitative estimate of drug-likeness (QED) is 0.0762. The average Bonchev–Trinajstić information content (AvgIpc) is 3.50. The summed E-state index contributed by atoms with van der Waals surface area (Å²) >= 11 is 5.70. The SMILES string of the molecule is N=C(Cl)C1CCN(c2c[c-]ncc2)CC1.NNC=O.[W].[W].[c-]1cc(N2CCC(c3ncn[nH]3)CC2)ccn1. The number of rotatable bonds is 5. The first-order valence-corrected chi connectivity index (χ1v) is 12.1. The molecule has 0 aromatic carbocycles. The number of H-pyrrole nitrogens is 1. The van der Waals surface area contributed by atoms with Crippen molar-refractivity contribution in [1.29, 1.82) is 5.41 Å². The number of hydrogen-bond acceptors (Lipinski definition) is 9. The van der Waals surface area contributed by atoms with Gasteiger partial charge in [0, 0.05) is 80.1 Å². The Bertz CT molecular complexity index is 1020. The van der Waals surface area contributed by atoms with Gasteiger partial charge in [0.15, 0.2) is 0 Å². The van der Waals surface area contributed by atoms with E-state index in [0.717, 1.165) is 63.4 Å². The van der Waals surface area contributed by atoms with Gasteiger partial charge in [-0.25, -0.2) is 10.8 Å². The molecule has 0 saturated carbocycles. The van der Waals surface area contributed by atoms with Crippen LogP contribution in [0.2, 0.25) is 0 Å². The number of carbonyl (C=O) groups excluding carboxylic acids is 1. The molecule has 11 nitrogen and oxygen atoms in total. The fourth-order valence-electron chi connectivity index (χ4n) is 4.22. The molecule has 38 heavy (non-hydrogen) atoms. The van der Waals surface area contributed by atoms with Crippen molar-refractivity contribution in [1.82, 2.24) is 30.6 Å². The molecule has 0 unspecified atom stereocenters. The van der Waals surface area contributed by atoms with E-state index < -0.39 is 0 Å². The summed E-state index contributed by atoms with van der Waals surface area (Å²) in [6.45, 7) is 4.00. The van der Waals surface area contributed by atoms with Crippen molar-refractivity contribution in [2.45, 2.75) is 31.6 Å². The summed E-state index contributed by atoms with van der Waals surface area (Å²) in [6, 6.07) is 7.86. The molecule has 14 heteroatoms. The summed E-state index contributed by atoms with van der Waals surface area (Å²) in [5.41, 5.74) is 4.11. The molecule has 5 N–H and O–H groups in total. The Morgan fingerprint density at radius 2 is 1.53 bits per heavy atom. The number of aromatic nitrogens is 5. The van der Waals surface area contributed by atoms with Crippen molar-refractivity contribution >= 4 is 34.6 Å². The van der Waals surface area contributed by atoms with Gasteiger partial charge in [0.05, 0.1) is 0 Å². The smallest absolute Gasteiger partial charge is 0.221 e. The van der Waals surface area contributed by atoms with Gasteiger partial charge in [0.25, 0.3) is 0 Å². The van der Waals surface area contributed by atoms with Crippen molar-refractivity contribution in [2.75, 3.05) is 36.0 Å². The van der Waals surface area contributed by atoms with Crippen LogP contribution in [0.3, 0.4) is 0 Å². The molecule has 1 amide bonds. The Morgan fingerprint density at radius 3 is 1.89 bits per heavy atom. The molecule has 5 heterocycles. The van der Waals surface area contributed by atoms with Crippen LogP contribution >= 0.6 is 11.6 Å². The first-order chi connectivity index (χ1) is 17.6. The number of halogens is 1. The van der Waals surface area contributed by atoms with Crippen LogP contribution in [-0.4, -0.2) is 62.9 Å². The van der Waals surface area contributed by atoms with Crippen LogP contribution in [0, 0.1) is 23.7 Å². The van der Waals surface area contributed by atoms with E-state index in [0.29, 0.717) is 17.5 Å². The van der Waals surface area contributed by atoms with Gasteiger partial charge in [-0.15, -0.1) is 24.3 Å². The monoisotopic (exact) mass is 878 g/mol. The van der Waals surface area contributed by atoms with Gasteiger partial charge in [-0.05, 0) is 25.7 Å². The molecule has 204 valence electrons. The van der Waals surface area contributed by atoms with Crippen molar-refractivity contribution in [2.24, 2.45) is 11.8 Å². The van der Waals surface area contributed by atoms with E-state index in [1.54, 1.807) is 24.1 Å². The molecule has 0 radical (unpaired) electrons. The molecule has 3 aromatic heterocycles. The minimum Gasteiger partial charge on any atom is -0.423 e. The molecule has 0 aliphatic carbocycles. The van der Waals surface area contributed by atoms with Crippen molar-refractivity contribution < 1.29 is 46.9 Å². The summed E-state index contributed by atoms with van der Waals surface area (Å²) in [6.07, 6.45) is 15.4. The van der Waals surface area contributed by atoms with Crippen LogP contribution in [-0.2, 0) is 46.9 Å². The molecule has 3 aromatic rings. The van der Waals surface area contributed by atoms with Crippen LogP contribution in [0.25, 0.3) is 0 Å². The molecule has 2 aliphatic heterocycles. The maximum Gasteiger partial charge on any atom is 0.221 e. The zero-order valence-corrected chi connectivity index (χ0v) is 27.4. The zero-order valence-electron chi connectivity index (χ0n) is 20.8. The first-order valence-electron chi connectivity index (χ1n) is 11.8. The number of pyridine rings is 2. The first kappa shape index (κ1) is 33.8. The molecule has 5 rings (SSSR count). The molecule has 2 saturated heterocycles. The van der Waals surface area contributed by atoms with Crippen LogP contribution in [0.5, 0.6) is 0 Å². The van der Waals surface area contributed by atoms with E-state index in [1.165, 1.54) is 5.69 Å². The predicted octanol–water partition coefficient (Wildman–Crippen LogP) is 2.30. The molecule has 2 aliphatic rings. The van der Waals surface area contributed by atoms with Crippen molar-refractivity contribution in [3.05, 3.63) is 61.2 Å². The molecular formula is C24H31ClN10OW2-2. The van der Waals surface area contributed by atoms with Gasteiger partial charge in [-0.1, -0.05) is 47.8 Å². The number of hydrogen-bond donors (Lipinski definition) is 4. The van der Waals surface area contributed by atoms with Crippen LogP contribution in [0.15, 0.2) is 43.0 Å². The molecule has 0 spiro atoms. The summed E-state index contributed by atoms with van der Waals surface area (Å²) < 4.78 is 0. The van der Waals surface area contributed by atoms with Gasteiger partial charge < -0.3 is 19.8 Å². The molecule has 0 atom stereocenters. The second kappa shape index (κ2) is 19.0. The van der Waals surface area contributed by atoms with Crippen LogP contribution in [0.4, 0.5) is 11.4 Å². The number of aromatic amines is 1. The number of nitrogens with zero attached hydrogens (tertiary/aromatic N) is 6. The van der Waals surface area contributed by atoms with E-state index in [-0.39, 0.29) is 48.0 Å². The second-order valence-corrected chi connectivity index (χ2v) is 8.72. The normalized spacial score (nSPS) is 15.3. The Balaban J connectivity index is 0.000000321. The number of nitrogens with two attached hydrogens (primary N) is 1. The Morgan fingerprint density at radius 1 is 1.03 bits per heavy atom. The maximum atomic E-state index is 8.94. The van der Waals surface area contributed by atoms with Gasteiger partial charge >= 0.3 is 0 Å². The number of nitrogens with one attached hydrogen (secondary N) is 3. The third-order valence-corrected chi connectivity index (χ3v) is 6.49. The predicted molar refractivity (Wildman–Crippen MR) is 139 cm³/mol. The van der Waals surface area contributed by atoms with Gasteiger partial charge in [0.2, 0.25) is 6.41 Å². The zero-order chi connectivity index (χ0) is 25.6. The van der Waals surface area contributed by atoms with Crippen LogP contribution in [0.1, 0.15) is 37.4 Å². The standard InChI is InChI=1S/C12H14N5.C11H13ClN3.CH4N2O.2W/c1-5-13-6-2-11(1)17-7-3-10(4-8-17)12-14-9-15-16-12;12-11(13)9-3-7-15(8-4-9)10-1-5-14-6-2-10;2-3-1-4;;/h1-2,5,9-10H,3-4,7-8H2,(H,14,15,16);1-2,5,9,13H,3-4,7-8H2;1H,2H2,(H,3,4);;/q2*-1;;;. The summed E-state index contributed by atoms with van der Waals surface area (Å²) in [5, 5.41) is 14.6. The molecular weight excluding hydrogens is 847 g/mol. The summed E-state index contributed by atoms with van der Waals surface area (Å²) in [4.78, 5) is 25.6. The topological polar surface area (TPSA) is 153 Å². The van der Waals surface area contributed by atoms with E-state index in [1.807, 2.05) is 24.3 Å². The third kappa shape index (κ3) is 10.9. The minimum absolute atomic E-state index is 0. The fraction of sp³-hybridized carbons (Fsp3) is 0.417. The number of hydrazine groups is 1. The Hall–Kier alpha value is -2.19. The Kier molecular flexibility index (Phi) is 16.9. The van der Waals surface area contributed by atoms with E-state index in [9.17, 15) is 0 Å². The second-order valence-electron chi connectivity index (χ2n) is 8.31. The van der Waals surface area contributed by atoms with Crippen molar-refractivity contribution in [3.8, 4) is 0 Å². The largest absolute Gasteiger partial charge is 0.423 e. The van der Waals surface area contributed by atoms with Crippen molar-refractivity contribution in [3.63, 3.8) is 0 Å². The summed E-state index contributed by atoms with van der Waals surface area (Å²) in [7, 11) is 0. The number of carbonyl (C=O) groups is 1. The van der Waals surface area contributed by atoms with Gasteiger partial charge in [0.1, 0.15) is 17.3 Å². The average molecular weight is 879 g/mol. The fourth-order valence-corrected chi connectivity index (χ4v) is 4.44. The van der Waals surface area contributed by atoms with E-state index in [4.69, 9.17) is 21.8 Å².